The molecule has 0 unspecified atom stereocenters. The predicted octanol–water partition coefficient (Wildman–Crippen LogP) is 1.69. The molecule has 7 heteroatoms. The maximum atomic E-state index is 12.0. The molecule has 0 radical (unpaired) electrons. The Morgan fingerprint density at radius 3 is 2.05 bits per heavy atom. The molecule has 0 atom stereocenters. The third-order valence-corrected chi connectivity index (χ3v) is 16.6. The van der Waals surface area contributed by atoms with Crippen molar-refractivity contribution in [1.29, 1.82) is 0 Å². The van der Waals surface area contributed by atoms with Crippen LogP contribution < -0.4 is 0 Å². The SMILES string of the molecule is CC(C)(C)OC(=O)N1CC2(COC[C]34[Co]5[Co]3[C]54COC2)C1. The van der Waals surface area contributed by atoms with Gasteiger partial charge in [-0.2, -0.15) is 0 Å². The topological polar surface area (TPSA) is 48.0 Å². The number of hydrogen-bond acceptors (Lipinski definition) is 4. The van der Waals surface area contributed by atoms with Gasteiger partial charge in [0, 0.05) is 0 Å². The predicted molar refractivity (Wildman–Crippen MR) is 67.3 cm³/mol. The number of amides is 1. The van der Waals surface area contributed by atoms with Crippen LogP contribution in [0.1, 0.15) is 20.8 Å². The van der Waals surface area contributed by atoms with Crippen LogP contribution in [0.2, 0.25) is 6.57 Å². The van der Waals surface area contributed by atoms with E-state index in [4.69, 9.17) is 14.2 Å². The van der Waals surface area contributed by atoms with E-state index in [1.807, 2.05) is 20.8 Å². The summed E-state index contributed by atoms with van der Waals surface area (Å²) in [6.45, 7) is 10.5. The Morgan fingerprint density at radius 2 is 1.57 bits per heavy atom. The van der Waals surface area contributed by atoms with Crippen LogP contribution in [0.15, 0.2) is 0 Å². The Morgan fingerprint density at radius 1 is 1.05 bits per heavy atom. The van der Waals surface area contributed by atoms with Crippen molar-refractivity contribution < 1.29 is 42.8 Å². The molecule has 124 valence electrons. The Bertz CT molecular complexity index is 504. The van der Waals surface area contributed by atoms with Crippen molar-refractivity contribution in [1.82, 2.24) is 4.90 Å². The van der Waals surface area contributed by atoms with Gasteiger partial charge in [-0.1, -0.05) is 0 Å². The Balaban J connectivity index is 1.18. The van der Waals surface area contributed by atoms with E-state index >= 15 is 0 Å². The summed E-state index contributed by atoms with van der Waals surface area (Å²) < 4.78 is 18.8. The van der Waals surface area contributed by atoms with Crippen molar-refractivity contribution in [2.45, 2.75) is 32.9 Å². The molecule has 0 aromatic heterocycles. The van der Waals surface area contributed by atoms with Gasteiger partial charge < -0.3 is 0 Å². The van der Waals surface area contributed by atoms with Gasteiger partial charge in [0.2, 0.25) is 0 Å². The first-order chi connectivity index (χ1) is 9.85. The summed E-state index contributed by atoms with van der Waals surface area (Å²) in [5, 5.41) is 0. The average molecular weight is 385 g/mol. The van der Waals surface area contributed by atoms with Gasteiger partial charge in [0.25, 0.3) is 0 Å². The second kappa shape index (κ2) is 3.65. The Labute approximate surface area is 131 Å². The van der Waals surface area contributed by atoms with Gasteiger partial charge in [0.1, 0.15) is 0 Å². The van der Waals surface area contributed by atoms with Gasteiger partial charge in [-0.3, -0.25) is 0 Å². The van der Waals surface area contributed by atoms with E-state index in [0.717, 1.165) is 26.4 Å². The molecular formula is C14H21Co2NO4. The quantitative estimate of drug-likeness (QED) is 0.637. The number of likely N-dealkylation sites (tertiary alicyclic amines) is 1. The molecule has 0 bridgehead atoms. The van der Waals surface area contributed by atoms with E-state index < -0.39 is 5.60 Å². The molecule has 6 aliphatic heterocycles. The fourth-order valence-electron chi connectivity index (χ4n) is 3.27. The summed E-state index contributed by atoms with van der Waals surface area (Å²) in [5.74, 6) is 0. The van der Waals surface area contributed by atoms with Crippen LogP contribution in [-0.4, -0.2) is 56.1 Å². The minimum atomic E-state index is -0.431. The number of rotatable bonds is 0. The summed E-state index contributed by atoms with van der Waals surface area (Å²) >= 11 is 0.850. The zero-order valence-corrected chi connectivity index (χ0v) is 14.6. The molecule has 21 heavy (non-hydrogen) atoms. The number of ether oxygens (including phenoxy) is 3. The monoisotopic (exact) mass is 385 g/mol. The van der Waals surface area contributed by atoms with E-state index in [0.29, 0.717) is 43.5 Å². The summed E-state index contributed by atoms with van der Waals surface area (Å²) in [6, 6.07) is 0. The first kappa shape index (κ1) is 13.6. The van der Waals surface area contributed by atoms with Crippen molar-refractivity contribution in [3.8, 4) is 0 Å². The van der Waals surface area contributed by atoms with Crippen LogP contribution in [0.4, 0.5) is 4.79 Å². The number of nitrogens with zero attached hydrogens (tertiary/aromatic N) is 1. The first-order valence-corrected chi connectivity index (χ1v) is 11.1. The maximum absolute atomic E-state index is 12.0. The molecule has 0 aliphatic carbocycles. The third kappa shape index (κ3) is 1.62. The van der Waals surface area contributed by atoms with Crippen LogP contribution in [0.3, 0.4) is 0 Å². The van der Waals surface area contributed by atoms with Crippen LogP contribution in [0.5, 0.6) is 0 Å². The molecule has 0 aromatic carbocycles. The normalized spacial score (nSPS) is 44.6. The molecule has 0 N–H and O–H groups in total. The van der Waals surface area contributed by atoms with Gasteiger partial charge in [-0.25, -0.2) is 0 Å². The zero-order valence-electron chi connectivity index (χ0n) is 12.5. The fraction of sp³-hybridized carbons (Fsp3) is 0.929. The number of carbonyl (C=O) groups excluding carboxylic acids is 1. The van der Waals surface area contributed by atoms with Gasteiger partial charge in [0.05, 0.1) is 0 Å². The number of hydrogen-bond donors (Lipinski definition) is 0. The van der Waals surface area contributed by atoms with Crippen molar-refractivity contribution in [2.24, 2.45) is 5.41 Å². The van der Waals surface area contributed by atoms with Crippen molar-refractivity contribution >= 4 is 6.09 Å². The van der Waals surface area contributed by atoms with Gasteiger partial charge in [-0.05, 0) is 0 Å². The van der Waals surface area contributed by atoms with E-state index in [2.05, 4.69) is 0 Å². The first-order valence-electron chi connectivity index (χ1n) is 7.27. The summed E-state index contributed by atoms with van der Waals surface area (Å²) in [5.41, 5.74) is -0.429. The molecule has 0 saturated carbocycles. The standard InChI is InChI=1S/C14H21NO4.2Co/c1-13(2,3)19-12(16)15-8-14(9-15)10-17-6-4-5-7-18-11-14;;/h6-11H2,1-3H3;;. The Hall–Kier alpha value is 0.203. The van der Waals surface area contributed by atoms with Crippen LogP contribution in [0.25, 0.3) is 0 Å². The van der Waals surface area contributed by atoms with E-state index in [-0.39, 0.29) is 11.5 Å². The van der Waals surface area contributed by atoms with Gasteiger partial charge in [0.15, 0.2) is 0 Å². The van der Waals surface area contributed by atoms with Crippen molar-refractivity contribution in [3.05, 3.63) is 0 Å². The van der Waals surface area contributed by atoms with E-state index in [9.17, 15) is 4.79 Å². The second-order valence-corrected chi connectivity index (χ2v) is 15.8. The molecular weight excluding hydrogens is 364 g/mol. The second-order valence-electron chi connectivity index (χ2n) is 7.48. The molecule has 0 aromatic rings. The molecule has 5 nitrogen and oxygen atoms in total. The summed E-state index contributed by atoms with van der Waals surface area (Å²) in [7, 11) is 0. The average Bonchev–Trinajstić information content (AvgIpc) is 3.19. The molecule has 6 saturated heterocycles. The molecule has 1 amide bonds. The number of carbonyl (C=O) groups is 1. The van der Waals surface area contributed by atoms with Crippen molar-refractivity contribution in [3.63, 3.8) is 0 Å². The van der Waals surface area contributed by atoms with Crippen molar-refractivity contribution in [2.75, 3.05) is 39.5 Å². The van der Waals surface area contributed by atoms with Gasteiger partial charge in [-0.15, -0.1) is 0 Å². The third-order valence-electron chi connectivity index (χ3n) is 4.43. The molecule has 6 heterocycles. The minimum absolute atomic E-state index is 0.00272. The van der Waals surface area contributed by atoms with E-state index in [1.54, 1.807) is 4.90 Å². The van der Waals surface area contributed by atoms with Gasteiger partial charge >= 0.3 is 132 Å². The van der Waals surface area contributed by atoms with Crippen LogP contribution in [-0.2, 0) is 38.0 Å². The molecule has 6 rings (SSSR count). The summed E-state index contributed by atoms with van der Waals surface area (Å²) in [4.78, 5) is 13.8. The van der Waals surface area contributed by atoms with Crippen LogP contribution in [0, 0.1) is 5.41 Å². The summed E-state index contributed by atoms with van der Waals surface area (Å²) in [6.07, 6.45) is -0.216. The zero-order chi connectivity index (χ0) is 14.7. The molecule has 6 fully saturated rings. The molecule has 3 spiro atoms. The van der Waals surface area contributed by atoms with E-state index in [1.165, 1.54) is 0 Å². The van der Waals surface area contributed by atoms with Crippen LogP contribution >= 0.6 is 0 Å². The fourth-order valence-corrected chi connectivity index (χ4v) is 16.9. The molecule has 6 aliphatic rings. The Kier molecular flexibility index (Phi) is 2.37.